The van der Waals surface area contributed by atoms with Gasteiger partial charge in [-0.05, 0) is 11.9 Å². The monoisotopic (exact) mass is 241 g/mol. The fourth-order valence-electron chi connectivity index (χ4n) is 1.24. The van der Waals surface area contributed by atoms with E-state index in [0.717, 1.165) is 0 Å². The molecule has 0 amide bonds. The van der Waals surface area contributed by atoms with Crippen LogP contribution in [0.3, 0.4) is 0 Å². The van der Waals surface area contributed by atoms with Crippen molar-refractivity contribution in [3.8, 4) is 0 Å². The summed E-state index contributed by atoms with van der Waals surface area (Å²) in [5.74, 6) is 3.05. The molecule has 2 aromatic rings. The number of non-ortho nitro benzene ring substituents is 1. The minimum absolute atomic E-state index is 0.115. The molecule has 2 rings (SSSR count). The number of benzene rings is 1. The summed E-state index contributed by atoms with van der Waals surface area (Å²) in [5.41, 5.74) is 0.594. The zero-order valence-electron chi connectivity index (χ0n) is 7.91. The van der Waals surface area contributed by atoms with Gasteiger partial charge in [-0.25, -0.2) is 9.19 Å². The Labute approximate surface area is 90.1 Å². The molecule has 8 heteroatoms. The first-order valence-corrected chi connectivity index (χ1v) is 5.80. The largest absolute Gasteiger partial charge is 0.329 e. The second-order valence-electron chi connectivity index (χ2n) is 3.14. The van der Waals surface area contributed by atoms with E-state index in [9.17, 15) is 14.3 Å². The third kappa shape index (κ3) is 1.75. The van der Waals surface area contributed by atoms with Gasteiger partial charge >= 0.3 is 0 Å². The lowest BCUT2D eigenvalue weighted by molar-refractivity contribution is -0.384. The van der Waals surface area contributed by atoms with Crippen LogP contribution < -0.4 is 0 Å². The maximum absolute atomic E-state index is 11.2. The first-order valence-electron chi connectivity index (χ1n) is 4.12. The van der Waals surface area contributed by atoms with Crippen LogP contribution in [0.25, 0.3) is 11.0 Å². The van der Waals surface area contributed by atoms with Crippen LogP contribution in [0.4, 0.5) is 5.69 Å². The molecule has 0 saturated carbocycles. The summed E-state index contributed by atoms with van der Waals surface area (Å²) in [6, 6.07) is 3.92. The van der Waals surface area contributed by atoms with Crippen molar-refractivity contribution >= 4 is 32.4 Å². The summed E-state index contributed by atoms with van der Waals surface area (Å²) < 4.78 is 20.4. The van der Waals surface area contributed by atoms with Crippen LogP contribution in [0, 0.1) is 10.1 Å². The molecular weight excluding hydrogens is 234 g/mol. The average Bonchev–Trinajstić information content (AvgIpc) is 2.58. The second-order valence-corrected chi connectivity index (χ2v) is 4.81. The first kappa shape index (κ1) is 10.6. The highest BCUT2D eigenvalue weighted by atomic mass is 32.2. The van der Waals surface area contributed by atoms with Gasteiger partial charge in [0.1, 0.15) is 9.80 Å². The van der Waals surface area contributed by atoms with Gasteiger partial charge in [0, 0.05) is 12.1 Å². The highest BCUT2D eigenvalue weighted by Crippen LogP contribution is 2.20. The van der Waals surface area contributed by atoms with Gasteiger partial charge < -0.3 is 9.54 Å². The molecule has 1 unspecified atom stereocenters. The predicted molar refractivity (Wildman–Crippen MR) is 58.9 cm³/mol. The molecule has 7 nitrogen and oxygen atoms in total. The van der Waals surface area contributed by atoms with Crippen molar-refractivity contribution in [2.24, 2.45) is 0 Å². The number of aromatic amines is 1. The van der Waals surface area contributed by atoms with Crippen molar-refractivity contribution in [1.29, 1.82) is 0 Å². The molecule has 1 aromatic heterocycles. The number of hydrogen-bond acceptors (Lipinski definition) is 4. The van der Waals surface area contributed by atoms with Crippen molar-refractivity contribution in [2.75, 3.05) is 0 Å². The van der Waals surface area contributed by atoms with E-state index in [0.29, 0.717) is 11.0 Å². The van der Waals surface area contributed by atoms with E-state index in [1.165, 1.54) is 18.2 Å². The van der Waals surface area contributed by atoms with Crippen molar-refractivity contribution in [1.82, 2.24) is 9.97 Å². The van der Waals surface area contributed by atoms with Crippen molar-refractivity contribution < 1.29 is 13.7 Å². The molecule has 16 heavy (non-hydrogen) atoms. The van der Waals surface area contributed by atoms with E-state index < -0.39 is 14.7 Å². The summed E-state index contributed by atoms with van der Waals surface area (Å²) in [6.45, 7) is 0. The Morgan fingerprint density at radius 1 is 1.56 bits per heavy atom. The zero-order valence-corrected chi connectivity index (χ0v) is 8.73. The van der Waals surface area contributed by atoms with Crippen LogP contribution in [0.5, 0.6) is 0 Å². The lowest BCUT2D eigenvalue weighted by atomic mass is 10.3. The molecule has 0 saturated heterocycles. The molecule has 0 aliphatic carbocycles. The number of imidazole rings is 1. The molecule has 1 heterocycles. The number of nitro benzene ring substituents is 1. The summed E-state index contributed by atoms with van der Waals surface area (Å²) in [6.07, 6.45) is 0. The Balaban J connectivity index is 2.68. The van der Waals surface area contributed by atoms with Gasteiger partial charge in [-0.3, -0.25) is 10.1 Å². The second kappa shape index (κ2) is 3.29. The molecule has 2 N–H and O–H groups in total. The summed E-state index contributed by atoms with van der Waals surface area (Å²) in [7, 11) is -3.43. The van der Waals surface area contributed by atoms with Gasteiger partial charge in [0.25, 0.3) is 5.69 Å². The lowest BCUT2D eigenvalue weighted by Crippen LogP contribution is -1.99. The normalized spacial score (nSPS) is 14.8. The van der Waals surface area contributed by atoms with Crippen LogP contribution in [-0.4, -0.2) is 29.5 Å². The smallest absolute Gasteiger partial charge is 0.271 e. The lowest BCUT2D eigenvalue weighted by Gasteiger charge is -1.92. The molecule has 0 fully saturated rings. The molecule has 0 aliphatic heterocycles. The molecular formula is C8H7N3O4S. The topological polar surface area (TPSA) is 109 Å². The quantitative estimate of drug-likeness (QED) is 0.463. The minimum atomic E-state index is -3.43. The number of rotatable bonds is 2. The molecule has 0 radical (unpaired) electrons. The SMILES string of the molecule is C=S(=O)(O)c1nc2ccc([N+](=O)[O-])cc2[nH]1. The first-order chi connectivity index (χ1) is 7.38. The summed E-state index contributed by atoms with van der Waals surface area (Å²) in [4.78, 5) is 16.3. The highest BCUT2D eigenvalue weighted by molar-refractivity contribution is 7.94. The van der Waals surface area contributed by atoms with Crippen LogP contribution in [-0.2, 0) is 9.80 Å². The van der Waals surface area contributed by atoms with E-state index in [4.69, 9.17) is 4.55 Å². The molecule has 0 bridgehead atoms. The predicted octanol–water partition coefficient (Wildman–Crippen LogP) is 1.02. The van der Waals surface area contributed by atoms with Gasteiger partial charge in [-0.15, -0.1) is 0 Å². The Morgan fingerprint density at radius 3 is 2.81 bits per heavy atom. The van der Waals surface area contributed by atoms with E-state index in [-0.39, 0.29) is 10.8 Å². The number of nitrogens with zero attached hydrogens (tertiary/aromatic N) is 2. The maximum Gasteiger partial charge on any atom is 0.271 e. The highest BCUT2D eigenvalue weighted by Gasteiger charge is 2.12. The Hall–Kier alpha value is -1.93. The Bertz CT molecular complexity index is 674. The molecule has 1 atom stereocenters. The fraction of sp³-hybridized carbons (Fsp3) is 0. The maximum atomic E-state index is 11.2. The van der Waals surface area contributed by atoms with E-state index in [1.54, 1.807) is 0 Å². The van der Waals surface area contributed by atoms with Crippen molar-refractivity contribution in [3.05, 3.63) is 28.3 Å². The third-order valence-corrected chi connectivity index (χ3v) is 2.75. The number of nitrogens with one attached hydrogen (secondary N) is 1. The number of fused-ring (bicyclic) bond motifs is 1. The van der Waals surface area contributed by atoms with Crippen LogP contribution in [0.1, 0.15) is 0 Å². The van der Waals surface area contributed by atoms with Crippen LogP contribution >= 0.6 is 0 Å². The Morgan fingerprint density at radius 2 is 2.25 bits per heavy atom. The summed E-state index contributed by atoms with van der Waals surface area (Å²) in [5, 5.41) is 10.3. The van der Waals surface area contributed by atoms with Crippen LogP contribution in [0.15, 0.2) is 23.4 Å². The standard InChI is InChI=1S/C8H7N3O4S/c1-16(14,15)8-9-6-3-2-5(11(12)13)4-7(6)10-8/h2-4H,1H2,(H,9,10)(H,14,15). The van der Waals surface area contributed by atoms with E-state index >= 15 is 0 Å². The van der Waals surface area contributed by atoms with Crippen molar-refractivity contribution in [3.63, 3.8) is 0 Å². The van der Waals surface area contributed by atoms with Gasteiger partial charge in [0.2, 0.25) is 5.16 Å². The molecule has 84 valence electrons. The van der Waals surface area contributed by atoms with Gasteiger partial charge in [0.05, 0.1) is 16.0 Å². The number of H-pyrrole nitrogens is 1. The number of hydrogen-bond donors (Lipinski definition) is 2. The van der Waals surface area contributed by atoms with Gasteiger partial charge in [-0.2, -0.15) is 0 Å². The summed E-state index contributed by atoms with van der Waals surface area (Å²) >= 11 is 0. The Kier molecular flexibility index (Phi) is 2.17. The average molecular weight is 241 g/mol. The fourth-order valence-corrected chi connectivity index (χ4v) is 1.75. The molecule has 0 spiro atoms. The number of nitro groups is 1. The molecule has 0 aliphatic rings. The van der Waals surface area contributed by atoms with Crippen LogP contribution in [0.2, 0.25) is 0 Å². The van der Waals surface area contributed by atoms with Crippen molar-refractivity contribution in [2.45, 2.75) is 5.16 Å². The zero-order chi connectivity index (χ0) is 11.9. The molecule has 1 aromatic carbocycles. The van der Waals surface area contributed by atoms with Gasteiger partial charge in [0.15, 0.2) is 0 Å². The van der Waals surface area contributed by atoms with E-state index in [2.05, 4.69) is 15.8 Å². The third-order valence-electron chi connectivity index (χ3n) is 1.96. The van der Waals surface area contributed by atoms with Gasteiger partial charge in [-0.1, -0.05) is 0 Å². The number of aromatic nitrogens is 2. The minimum Gasteiger partial charge on any atom is -0.329 e. The van der Waals surface area contributed by atoms with E-state index in [1.807, 2.05) is 0 Å².